The Morgan fingerprint density at radius 3 is 2.25 bits per heavy atom. The molecule has 0 amide bonds. The van der Waals surface area contributed by atoms with Crippen LogP contribution >= 0.6 is 0 Å². The van der Waals surface area contributed by atoms with E-state index in [-0.39, 0.29) is 0 Å². The Balaban J connectivity index is 1.33. The number of fused-ring (bicyclic) bond motifs is 1. The fourth-order valence-electron chi connectivity index (χ4n) is 4.99. The van der Waals surface area contributed by atoms with Gasteiger partial charge in [-0.05, 0) is 76.2 Å². The van der Waals surface area contributed by atoms with E-state index in [9.17, 15) is 0 Å². The molecule has 0 spiro atoms. The van der Waals surface area contributed by atoms with Gasteiger partial charge in [-0.3, -0.25) is 4.90 Å². The average Bonchev–Trinajstić information content (AvgIpc) is 3.03. The number of nitrogens with zero attached hydrogens (tertiary/aromatic N) is 4. The lowest BCUT2D eigenvalue weighted by atomic mass is 10.1. The van der Waals surface area contributed by atoms with Crippen molar-refractivity contribution in [2.45, 2.75) is 39.8 Å². The highest BCUT2D eigenvalue weighted by Crippen LogP contribution is 2.27. The zero-order valence-corrected chi connectivity index (χ0v) is 20.5. The second kappa shape index (κ2) is 10.7. The summed E-state index contributed by atoms with van der Waals surface area (Å²) in [5.74, 6) is 0. The van der Waals surface area contributed by atoms with Crippen LogP contribution in [0, 0.1) is 13.8 Å². The minimum atomic E-state index is 1.06. The lowest BCUT2D eigenvalue weighted by molar-refractivity contribution is 0.128. The summed E-state index contributed by atoms with van der Waals surface area (Å²) in [5, 5.41) is 1.44. The molecule has 1 saturated heterocycles. The van der Waals surface area contributed by atoms with Crippen LogP contribution in [0.2, 0.25) is 0 Å². The molecular weight excluding hydrogens is 392 g/mol. The van der Waals surface area contributed by atoms with Crippen LogP contribution in [0.25, 0.3) is 10.9 Å². The Labute approximate surface area is 194 Å². The minimum absolute atomic E-state index is 1.06. The Bertz CT molecular complexity index is 997. The quantitative estimate of drug-likeness (QED) is 0.492. The third kappa shape index (κ3) is 5.61. The second-order valence-electron chi connectivity index (χ2n) is 9.72. The van der Waals surface area contributed by atoms with Gasteiger partial charge in [-0.25, -0.2) is 0 Å². The van der Waals surface area contributed by atoms with Crippen LogP contribution in [-0.2, 0) is 19.5 Å². The average molecular weight is 433 g/mol. The second-order valence-corrected chi connectivity index (χ2v) is 9.72. The van der Waals surface area contributed by atoms with Gasteiger partial charge >= 0.3 is 0 Å². The van der Waals surface area contributed by atoms with Gasteiger partial charge in [-0.1, -0.05) is 36.4 Å². The molecule has 2 heterocycles. The number of benzene rings is 2. The third-order valence-electron chi connectivity index (χ3n) is 7.12. The number of hydrogen-bond acceptors (Lipinski definition) is 3. The lowest BCUT2D eigenvalue weighted by Crippen LogP contribution is -2.46. The standard InChI is InChI=1S/C28H40N4/c1-23-24(2)32(15-8-14-29(3)4)28-12-11-26(21-27(23)28)22-31-19-17-30(18-20-31)16-13-25-9-6-5-7-10-25/h5-7,9-12,21H,8,13-20,22H2,1-4H3. The van der Waals surface area contributed by atoms with Crippen molar-refractivity contribution >= 4 is 10.9 Å². The van der Waals surface area contributed by atoms with E-state index >= 15 is 0 Å². The molecule has 1 aromatic heterocycles. The number of aromatic nitrogens is 1. The molecule has 1 aliphatic heterocycles. The maximum atomic E-state index is 2.62. The monoisotopic (exact) mass is 432 g/mol. The highest BCUT2D eigenvalue weighted by Gasteiger charge is 2.18. The van der Waals surface area contributed by atoms with Gasteiger partial charge in [0.25, 0.3) is 0 Å². The summed E-state index contributed by atoms with van der Waals surface area (Å²) >= 11 is 0. The molecule has 2 aromatic carbocycles. The summed E-state index contributed by atoms with van der Waals surface area (Å²) in [6.07, 6.45) is 2.34. The van der Waals surface area contributed by atoms with Crippen LogP contribution in [0.15, 0.2) is 48.5 Å². The molecule has 4 heteroatoms. The van der Waals surface area contributed by atoms with Gasteiger partial charge in [0, 0.05) is 62.4 Å². The van der Waals surface area contributed by atoms with Gasteiger partial charge in [-0.2, -0.15) is 0 Å². The molecule has 0 bridgehead atoms. The summed E-state index contributed by atoms with van der Waals surface area (Å²) in [5.41, 5.74) is 7.15. The van der Waals surface area contributed by atoms with E-state index in [1.165, 1.54) is 59.3 Å². The first-order valence-corrected chi connectivity index (χ1v) is 12.2. The number of aryl methyl sites for hydroxylation is 2. The van der Waals surface area contributed by atoms with Gasteiger partial charge in [-0.15, -0.1) is 0 Å². The van der Waals surface area contributed by atoms with Crippen molar-refractivity contribution in [2.24, 2.45) is 0 Å². The smallest absolute Gasteiger partial charge is 0.0485 e. The first kappa shape index (κ1) is 23.0. The fourth-order valence-corrected chi connectivity index (χ4v) is 4.99. The molecule has 4 rings (SSSR count). The van der Waals surface area contributed by atoms with Crippen molar-refractivity contribution in [3.63, 3.8) is 0 Å². The fraction of sp³-hybridized carbons (Fsp3) is 0.500. The summed E-state index contributed by atoms with van der Waals surface area (Å²) in [4.78, 5) is 7.51. The van der Waals surface area contributed by atoms with Crippen molar-refractivity contribution in [3.8, 4) is 0 Å². The van der Waals surface area contributed by atoms with Crippen molar-refractivity contribution in [1.29, 1.82) is 0 Å². The lowest BCUT2D eigenvalue weighted by Gasteiger charge is -2.34. The van der Waals surface area contributed by atoms with Gasteiger partial charge in [0.2, 0.25) is 0 Å². The molecule has 0 unspecified atom stereocenters. The van der Waals surface area contributed by atoms with Crippen molar-refractivity contribution in [3.05, 3.63) is 70.9 Å². The van der Waals surface area contributed by atoms with Crippen LogP contribution in [0.1, 0.15) is 28.8 Å². The first-order valence-electron chi connectivity index (χ1n) is 12.2. The summed E-state index contributed by atoms with van der Waals surface area (Å²) in [6, 6.07) is 18.0. The van der Waals surface area contributed by atoms with Crippen LogP contribution in [0.5, 0.6) is 0 Å². The Kier molecular flexibility index (Phi) is 7.67. The molecule has 0 saturated carbocycles. The molecule has 172 valence electrons. The van der Waals surface area contributed by atoms with Gasteiger partial charge in [0.05, 0.1) is 0 Å². The largest absolute Gasteiger partial charge is 0.345 e. The Morgan fingerprint density at radius 1 is 0.812 bits per heavy atom. The normalized spacial score (nSPS) is 15.8. The SMILES string of the molecule is Cc1c(C)n(CCCN(C)C)c2ccc(CN3CCN(CCc4ccccc4)CC3)cc12. The van der Waals surface area contributed by atoms with Gasteiger partial charge < -0.3 is 14.4 Å². The molecule has 4 nitrogen and oxygen atoms in total. The van der Waals surface area contributed by atoms with Gasteiger partial charge in [0.15, 0.2) is 0 Å². The topological polar surface area (TPSA) is 14.7 Å². The summed E-state index contributed by atoms with van der Waals surface area (Å²) in [6.45, 7) is 13.7. The molecule has 0 atom stereocenters. The number of piperazine rings is 1. The van der Waals surface area contributed by atoms with E-state index in [0.29, 0.717) is 0 Å². The zero-order valence-electron chi connectivity index (χ0n) is 20.5. The van der Waals surface area contributed by atoms with E-state index in [2.05, 4.69) is 95.7 Å². The molecule has 3 aromatic rings. The van der Waals surface area contributed by atoms with Crippen LogP contribution < -0.4 is 0 Å². The number of rotatable bonds is 9. The maximum absolute atomic E-state index is 2.62. The number of hydrogen-bond donors (Lipinski definition) is 0. The Morgan fingerprint density at radius 2 is 1.53 bits per heavy atom. The molecular formula is C28H40N4. The first-order chi connectivity index (χ1) is 15.5. The van der Waals surface area contributed by atoms with Crippen molar-refractivity contribution in [1.82, 2.24) is 19.3 Å². The molecule has 1 aliphatic rings. The Hall–Kier alpha value is -2.14. The van der Waals surface area contributed by atoms with E-state index in [1.807, 2.05) is 0 Å². The molecule has 0 N–H and O–H groups in total. The summed E-state index contributed by atoms with van der Waals surface area (Å²) in [7, 11) is 4.31. The van der Waals surface area contributed by atoms with Crippen molar-refractivity contribution < 1.29 is 0 Å². The molecule has 0 radical (unpaired) electrons. The molecule has 0 aliphatic carbocycles. The van der Waals surface area contributed by atoms with Crippen molar-refractivity contribution in [2.75, 3.05) is 53.4 Å². The van der Waals surface area contributed by atoms with Crippen LogP contribution in [-0.4, -0.2) is 72.6 Å². The predicted molar refractivity (Wildman–Crippen MR) is 136 cm³/mol. The zero-order chi connectivity index (χ0) is 22.5. The van der Waals surface area contributed by atoms with E-state index < -0.39 is 0 Å². The molecule has 32 heavy (non-hydrogen) atoms. The predicted octanol–water partition coefficient (Wildman–Crippen LogP) is 4.57. The van der Waals surface area contributed by atoms with Crippen LogP contribution in [0.3, 0.4) is 0 Å². The third-order valence-corrected chi connectivity index (χ3v) is 7.12. The molecule has 1 fully saturated rings. The highest BCUT2D eigenvalue weighted by atomic mass is 15.3. The minimum Gasteiger partial charge on any atom is -0.345 e. The summed E-state index contributed by atoms with van der Waals surface area (Å²) < 4.78 is 2.52. The van der Waals surface area contributed by atoms with E-state index in [4.69, 9.17) is 0 Å². The maximum Gasteiger partial charge on any atom is 0.0485 e. The van der Waals surface area contributed by atoms with Crippen LogP contribution in [0.4, 0.5) is 0 Å². The van der Waals surface area contributed by atoms with Gasteiger partial charge in [0.1, 0.15) is 0 Å². The van der Waals surface area contributed by atoms with E-state index in [0.717, 1.165) is 39.1 Å². The highest BCUT2D eigenvalue weighted by molar-refractivity contribution is 5.86. The van der Waals surface area contributed by atoms with E-state index in [1.54, 1.807) is 0 Å².